The molecule has 1 aliphatic heterocycles. The smallest absolute Gasteiger partial charge is 0.320 e. The molecule has 6 atom stereocenters. The number of hydrogen-bond donors (Lipinski definition) is 8. The maximum absolute atomic E-state index is 13.8. The molecule has 1 fully saturated rings. The molecule has 1 heterocycles. The van der Waals surface area contributed by atoms with Crippen molar-refractivity contribution in [3.05, 3.63) is 71.8 Å². The molecule has 13 heteroatoms. The van der Waals surface area contributed by atoms with Crippen LogP contribution in [0.15, 0.2) is 60.7 Å². The van der Waals surface area contributed by atoms with Crippen LogP contribution in [-0.4, -0.2) is 84.0 Å². The van der Waals surface area contributed by atoms with E-state index < -0.39 is 65.8 Å². The average Bonchev–Trinajstić information content (AvgIpc) is 3.51. The van der Waals surface area contributed by atoms with Crippen LogP contribution in [0.3, 0.4) is 0 Å². The molecule has 10 N–H and O–H groups in total. The van der Waals surface area contributed by atoms with Crippen molar-refractivity contribution in [3.8, 4) is 0 Å². The Labute approximate surface area is 276 Å². The zero-order valence-electron chi connectivity index (χ0n) is 27.1. The molecular formula is C34H49N7O6. The maximum Gasteiger partial charge on any atom is 0.320 e. The van der Waals surface area contributed by atoms with E-state index in [-0.39, 0.29) is 44.6 Å². The van der Waals surface area contributed by atoms with Gasteiger partial charge in [-0.3, -0.25) is 24.0 Å². The number of aliphatic carboxylic acids is 1. The number of nitrogens with two attached hydrogens (primary N) is 2. The van der Waals surface area contributed by atoms with Crippen molar-refractivity contribution in [1.82, 2.24) is 26.6 Å². The minimum Gasteiger partial charge on any atom is -0.480 e. The fraction of sp³-hybridized carbons (Fsp3) is 0.500. The van der Waals surface area contributed by atoms with Gasteiger partial charge in [-0.15, -0.1) is 0 Å². The Bertz CT molecular complexity index is 1330. The molecule has 0 aliphatic carbocycles. The van der Waals surface area contributed by atoms with Crippen LogP contribution in [0.1, 0.15) is 50.7 Å². The molecule has 0 radical (unpaired) electrons. The van der Waals surface area contributed by atoms with Gasteiger partial charge in [-0.25, -0.2) is 0 Å². The van der Waals surface area contributed by atoms with Crippen molar-refractivity contribution < 1.29 is 29.1 Å². The number of carbonyl (C=O) groups is 5. The van der Waals surface area contributed by atoms with E-state index >= 15 is 0 Å². The molecule has 0 bridgehead atoms. The predicted octanol–water partition coefficient (Wildman–Crippen LogP) is -0.0302. The molecule has 2 aromatic rings. The molecule has 0 aromatic heterocycles. The Morgan fingerprint density at radius 3 is 1.91 bits per heavy atom. The van der Waals surface area contributed by atoms with Gasteiger partial charge in [-0.2, -0.15) is 0 Å². The van der Waals surface area contributed by atoms with Gasteiger partial charge in [0.2, 0.25) is 23.6 Å². The second-order valence-corrected chi connectivity index (χ2v) is 12.5. The normalized spacial score (nSPS) is 18.4. The van der Waals surface area contributed by atoms with Gasteiger partial charge in [-0.1, -0.05) is 74.5 Å². The van der Waals surface area contributed by atoms with E-state index in [2.05, 4.69) is 26.6 Å². The number of rotatable bonds is 18. The van der Waals surface area contributed by atoms with Gasteiger partial charge in [-0.05, 0) is 55.7 Å². The summed E-state index contributed by atoms with van der Waals surface area (Å²) >= 11 is 0. The van der Waals surface area contributed by atoms with Gasteiger partial charge in [0, 0.05) is 19.0 Å². The number of carbonyl (C=O) groups excluding carboxylic acids is 4. The lowest BCUT2D eigenvalue weighted by molar-refractivity contribution is -0.139. The van der Waals surface area contributed by atoms with Crippen LogP contribution in [0.5, 0.6) is 0 Å². The van der Waals surface area contributed by atoms with Gasteiger partial charge in [0.25, 0.3) is 0 Å². The summed E-state index contributed by atoms with van der Waals surface area (Å²) in [5, 5.41) is 23.3. The molecule has 1 saturated heterocycles. The number of benzene rings is 2. The highest BCUT2D eigenvalue weighted by atomic mass is 16.4. The summed E-state index contributed by atoms with van der Waals surface area (Å²) in [6.07, 6.45) is 1.65. The second kappa shape index (κ2) is 18.7. The first kappa shape index (κ1) is 37.1. The Kier molecular flexibility index (Phi) is 14.8. The summed E-state index contributed by atoms with van der Waals surface area (Å²) < 4.78 is 0. The highest BCUT2D eigenvalue weighted by Crippen LogP contribution is 2.11. The molecule has 13 nitrogen and oxygen atoms in total. The second-order valence-electron chi connectivity index (χ2n) is 12.5. The average molecular weight is 652 g/mol. The first-order chi connectivity index (χ1) is 22.5. The number of carboxylic acids is 1. The first-order valence-electron chi connectivity index (χ1n) is 16.2. The summed E-state index contributed by atoms with van der Waals surface area (Å²) in [4.78, 5) is 65.1. The lowest BCUT2D eigenvalue weighted by Gasteiger charge is -2.27. The zero-order valence-corrected chi connectivity index (χ0v) is 27.1. The number of amides is 4. The molecule has 1 aliphatic rings. The molecule has 0 spiro atoms. The Morgan fingerprint density at radius 2 is 1.36 bits per heavy atom. The molecule has 47 heavy (non-hydrogen) atoms. The van der Waals surface area contributed by atoms with Crippen molar-refractivity contribution >= 4 is 29.6 Å². The Balaban J connectivity index is 1.73. The van der Waals surface area contributed by atoms with Gasteiger partial charge < -0.3 is 43.2 Å². The lowest BCUT2D eigenvalue weighted by Crippen LogP contribution is -2.59. The highest BCUT2D eigenvalue weighted by Gasteiger charge is 2.34. The quantitative estimate of drug-likeness (QED) is 0.108. The predicted molar refractivity (Wildman–Crippen MR) is 178 cm³/mol. The van der Waals surface area contributed by atoms with Gasteiger partial charge in [0.15, 0.2) is 0 Å². The van der Waals surface area contributed by atoms with Gasteiger partial charge in [0.1, 0.15) is 24.2 Å². The minimum atomic E-state index is -1.03. The van der Waals surface area contributed by atoms with E-state index in [0.29, 0.717) is 13.0 Å². The van der Waals surface area contributed by atoms with Crippen molar-refractivity contribution in [2.24, 2.45) is 17.4 Å². The number of hydrogen-bond acceptors (Lipinski definition) is 8. The van der Waals surface area contributed by atoms with Crippen LogP contribution < -0.4 is 38.1 Å². The SMILES string of the molecule is CC(C)C[C@@H](NC(=O)C(Cc1ccccc1)NC(=O)[C@H](N)Cc1ccccc1)C(=O)N[C@H](CCCN)C(=O)N[C@@H]1CN[C@H](C(=O)O)C1. The third-order valence-electron chi connectivity index (χ3n) is 8.00. The molecule has 0 saturated carbocycles. The maximum atomic E-state index is 13.8. The van der Waals surface area contributed by atoms with Crippen LogP contribution in [0, 0.1) is 5.92 Å². The van der Waals surface area contributed by atoms with E-state index in [9.17, 15) is 29.1 Å². The summed E-state index contributed by atoms with van der Waals surface area (Å²) in [7, 11) is 0. The third kappa shape index (κ3) is 12.4. The van der Waals surface area contributed by atoms with Crippen molar-refractivity contribution in [3.63, 3.8) is 0 Å². The van der Waals surface area contributed by atoms with Crippen LogP contribution in [0.2, 0.25) is 0 Å². The first-order valence-corrected chi connectivity index (χ1v) is 16.2. The molecule has 4 amide bonds. The van der Waals surface area contributed by atoms with Crippen molar-refractivity contribution in [1.29, 1.82) is 0 Å². The lowest BCUT2D eigenvalue weighted by atomic mass is 9.99. The fourth-order valence-electron chi connectivity index (χ4n) is 5.47. The van der Waals surface area contributed by atoms with E-state index in [1.165, 1.54) is 0 Å². The van der Waals surface area contributed by atoms with Gasteiger partial charge >= 0.3 is 5.97 Å². The largest absolute Gasteiger partial charge is 0.480 e. The number of carboxylic acid groups (broad SMARTS) is 1. The molecule has 3 rings (SSSR count). The van der Waals surface area contributed by atoms with Crippen LogP contribution in [-0.2, 0) is 36.8 Å². The van der Waals surface area contributed by atoms with Crippen LogP contribution in [0.4, 0.5) is 0 Å². The van der Waals surface area contributed by atoms with E-state index in [1.807, 2.05) is 74.5 Å². The monoisotopic (exact) mass is 651 g/mol. The van der Waals surface area contributed by atoms with E-state index in [1.54, 1.807) is 0 Å². The van der Waals surface area contributed by atoms with E-state index in [4.69, 9.17) is 11.5 Å². The summed E-state index contributed by atoms with van der Waals surface area (Å²) in [5.41, 5.74) is 13.6. The van der Waals surface area contributed by atoms with Crippen molar-refractivity contribution in [2.45, 2.75) is 88.6 Å². The summed E-state index contributed by atoms with van der Waals surface area (Å²) in [6, 6.07) is 13.5. The Hall–Kier alpha value is -4.33. The standard InChI is InChI=1S/C34H49N7O6/c1-21(2)16-27(32(44)39-26(14-9-15-35)31(43)38-24-19-29(34(46)47)37-20-24)41-33(45)28(18-23-12-7-4-8-13-23)40-30(42)25(36)17-22-10-5-3-6-11-22/h3-8,10-13,21,24-29,37H,9,14-20,35-36H2,1-2H3,(H,38,43)(H,39,44)(H,40,42)(H,41,45)(H,46,47)/t24-,25+,26+,27+,28?,29-/m0/s1. The molecule has 2 aromatic carbocycles. The molecular weight excluding hydrogens is 602 g/mol. The van der Waals surface area contributed by atoms with Crippen LogP contribution >= 0.6 is 0 Å². The van der Waals surface area contributed by atoms with Crippen LogP contribution in [0.25, 0.3) is 0 Å². The van der Waals surface area contributed by atoms with Crippen molar-refractivity contribution in [2.75, 3.05) is 13.1 Å². The topological polar surface area (TPSA) is 218 Å². The van der Waals surface area contributed by atoms with E-state index in [0.717, 1.165) is 11.1 Å². The molecule has 1 unspecified atom stereocenters. The number of nitrogens with one attached hydrogen (secondary N) is 5. The third-order valence-corrected chi connectivity index (χ3v) is 8.00. The fourth-order valence-corrected chi connectivity index (χ4v) is 5.47. The minimum absolute atomic E-state index is 0.00124. The highest BCUT2D eigenvalue weighted by molar-refractivity contribution is 5.95. The van der Waals surface area contributed by atoms with Gasteiger partial charge in [0.05, 0.1) is 6.04 Å². The zero-order chi connectivity index (χ0) is 34.3. The summed E-state index contributed by atoms with van der Waals surface area (Å²) in [6.45, 7) is 4.40. The Morgan fingerprint density at radius 1 is 0.809 bits per heavy atom. The summed E-state index contributed by atoms with van der Waals surface area (Å²) in [5.74, 6) is -3.07. The molecule has 256 valence electrons.